The topological polar surface area (TPSA) is 60.8 Å². The highest BCUT2D eigenvalue weighted by Crippen LogP contribution is 2.24. The van der Waals surface area contributed by atoms with Gasteiger partial charge in [-0.3, -0.25) is 9.59 Å². The predicted octanol–water partition coefficient (Wildman–Crippen LogP) is 3.27. The van der Waals surface area contributed by atoms with E-state index >= 15 is 0 Å². The molecule has 6 nitrogen and oxygen atoms in total. The van der Waals surface area contributed by atoms with Gasteiger partial charge in [-0.2, -0.15) is 0 Å². The second-order valence-electron chi connectivity index (χ2n) is 7.08. The molecule has 0 saturated carbocycles. The molecule has 1 atom stereocenters. The molecule has 28 heavy (non-hydrogen) atoms. The Labute approximate surface area is 169 Å². The number of methoxy groups -OCH3 is 1. The highest BCUT2D eigenvalue weighted by molar-refractivity contribution is 6.30. The highest BCUT2D eigenvalue weighted by Gasteiger charge is 2.23. The zero-order chi connectivity index (χ0) is 20.3. The van der Waals surface area contributed by atoms with E-state index in [-0.39, 0.29) is 29.7 Å². The van der Waals surface area contributed by atoms with Gasteiger partial charge in [0.15, 0.2) is 0 Å². The number of pyridine rings is 1. The normalized spacial score (nSPS) is 16.2. The van der Waals surface area contributed by atoms with Gasteiger partial charge in [0.25, 0.3) is 11.5 Å². The van der Waals surface area contributed by atoms with Crippen LogP contribution in [-0.4, -0.2) is 42.2 Å². The van der Waals surface area contributed by atoms with Gasteiger partial charge in [-0.05, 0) is 49.6 Å². The van der Waals surface area contributed by atoms with Crippen molar-refractivity contribution in [2.24, 2.45) is 0 Å². The molecule has 0 aliphatic carbocycles. The van der Waals surface area contributed by atoms with E-state index in [2.05, 4.69) is 0 Å². The largest absolute Gasteiger partial charge is 0.496 e. The molecule has 0 spiro atoms. The number of rotatable bonds is 6. The third-order valence-corrected chi connectivity index (χ3v) is 5.24. The van der Waals surface area contributed by atoms with Crippen LogP contribution in [-0.2, 0) is 17.8 Å². The first-order valence-electron chi connectivity index (χ1n) is 9.30. The summed E-state index contributed by atoms with van der Waals surface area (Å²) in [4.78, 5) is 27.5. The number of benzene rings is 1. The SMILES string of the molecule is COc1ccc(Cl)cc1CN(C)C(=O)c1c(C)ccn(CC2CCCO2)c1=O. The molecule has 0 radical (unpaired) electrons. The molecule has 2 aromatic rings. The van der Waals surface area contributed by atoms with Gasteiger partial charge in [0.2, 0.25) is 0 Å². The Morgan fingerprint density at radius 2 is 2.18 bits per heavy atom. The van der Waals surface area contributed by atoms with Crippen LogP contribution in [0.2, 0.25) is 5.02 Å². The predicted molar refractivity (Wildman–Crippen MR) is 108 cm³/mol. The van der Waals surface area contributed by atoms with Crippen LogP contribution in [0.15, 0.2) is 35.3 Å². The summed E-state index contributed by atoms with van der Waals surface area (Å²) < 4.78 is 12.5. The second kappa shape index (κ2) is 8.80. The molecule has 2 heterocycles. The average molecular weight is 405 g/mol. The minimum absolute atomic E-state index is 0.0248. The first-order chi connectivity index (χ1) is 13.4. The van der Waals surface area contributed by atoms with Crippen LogP contribution in [0.5, 0.6) is 5.75 Å². The lowest BCUT2D eigenvalue weighted by Crippen LogP contribution is -2.36. The number of aryl methyl sites for hydroxylation is 1. The molecule has 0 bridgehead atoms. The van der Waals surface area contributed by atoms with Gasteiger partial charge in [-0.25, -0.2) is 0 Å². The highest BCUT2D eigenvalue weighted by atomic mass is 35.5. The zero-order valence-electron chi connectivity index (χ0n) is 16.4. The number of carbonyl (C=O) groups excluding carboxylic acids is 1. The maximum atomic E-state index is 13.1. The number of halogens is 1. The van der Waals surface area contributed by atoms with E-state index in [0.717, 1.165) is 25.0 Å². The van der Waals surface area contributed by atoms with Crippen molar-refractivity contribution in [1.82, 2.24) is 9.47 Å². The van der Waals surface area contributed by atoms with Gasteiger partial charge in [0.05, 0.1) is 19.8 Å². The Morgan fingerprint density at radius 1 is 1.39 bits per heavy atom. The van der Waals surface area contributed by atoms with E-state index in [1.807, 2.05) is 0 Å². The Morgan fingerprint density at radius 3 is 2.86 bits per heavy atom. The molecule has 1 aromatic carbocycles. The van der Waals surface area contributed by atoms with Gasteiger partial charge >= 0.3 is 0 Å². The molecule has 1 aromatic heterocycles. The van der Waals surface area contributed by atoms with Crippen molar-refractivity contribution in [3.05, 3.63) is 62.5 Å². The minimum Gasteiger partial charge on any atom is -0.496 e. The summed E-state index contributed by atoms with van der Waals surface area (Å²) in [5.41, 5.74) is 1.33. The van der Waals surface area contributed by atoms with Crippen molar-refractivity contribution in [2.75, 3.05) is 20.8 Å². The third kappa shape index (κ3) is 4.39. The van der Waals surface area contributed by atoms with Crippen LogP contribution < -0.4 is 10.3 Å². The summed E-state index contributed by atoms with van der Waals surface area (Å²) in [7, 11) is 3.23. The van der Waals surface area contributed by atoms with E-state index in [0.29, 0.717) is 22.9 Å². The lowest BCUT2D eigenvalue weighted by molar-refractivity contribution is 0.0777. The molecule has 1 saturated heterocycles. The maximum Gasteiger partial charge on any atom is 0.263 e. The van der Waals surface area contributed by atoms with Gasteiger partial charge in [-0.15, -0.1) is 0 Å². The Kier molecular flexibility index (Phi) is 6.42. The standard InChI is InChI=1S/C21H25ClN2O4/c1-14-8-9-24(13-17-5-4-10-28-17)21(26)19(14)20(25)23(2)12-15-11-16(22)6-7-18(15)27-3/h6-9,11,17H,4-5,10,12-13H2,1-3H3. The molecular formula is C21H25ClN2O4. The molecule has 3 rings (SSSR count). The van der Waals surface area contributed by atoms with Crippen LogP contribution >= 0.6 is 11.6 Å². The maximum absolute atomic E-state index is 13.1. The van der Waals surface area contributed by atoms with Crippen molar-refractivity contribution in [3.63, 3.8) is 0 Å². The van der Waals surface area contributed by atoms with Crippen molar-refractivity contribution >= 4 is 17.5 Å². The number of ether oxygens (including phenoxy) is 2. The van der Waals surface area contributed by atoms with E-state index in [1.165, 1.54) is 4.90 Å². The first kappa shape index (κ1) is 20.4. The van der Waals surface area contributed by atoms with Crippen LogP contribution in [0.4, 0.5) is 0 Å². The number of aromatic nitrogens is 1. The van der Waals surface area contributed by atoms with Gasteiger partial charge < -0.3 is 18.9 Å². The van der Waals surface area contributed by atoms with Crippen LogP contribution in [0.1, 0.15) is 34.3 Å². The van der Waals surface area contributed by atoms with Crippen molar-refractivity contribution in [3.8, 4) is 5.75 Å². The first-order valence-corrected chi connectivity index (χ1v) is 9.68. The fourth-order valence-corrected chi connectivity index (χ4v) is 3.66. The Balaban J connectivity index is 1.85. The smallest absolute Gasteiger partial charge is 0.263 e. The quantitative estimate of drug-likeness (QED) is 0.741. The fraction of sp³-hybridized carbons (Fsp3) is 0.429. The van der Waals surface area contributed by atoms with E-state index < -0.39 is 0 Å². The lowest BCUT2D eigenvalue weighted by atomic mass is 10.1. The average Bonchev–Trinajstić information content (AvgIpc) is 3.17. The fourth-order valence-electron chi connectivity index (χ4n) is 3.47. The second-order valence-corrected chi connectivity index (χ2v) is 7.52. The Bertz CT molecular complexity index is 919. The molecule has 1 aliphatic heterocycles. The molecule has 150 valence electrons. The molecule has 7 heteroatoms. The Hall–Kier alpha value is -2.31. The molecular weight excluding hydrogens is 380 g/mol. The van der Waals surface area contributed by atoms with Crippen molar-refractivity contribution < 1.29 is 14.3 Å². The summed E-state index contributed by atoms with van der Waals surface area (Å²) in [6.45, 7) is 3.24. The summed E-state index contributed by atoms with van der Waals surface area (Å²) in [5, 5.41) is 0.562. The van der Waals surface area contributed by atoms with E-state index in [1.54, 1.807) is 56.1 Å². The van der Waals surface area contributed by atoms with Crippen LogP contribution in [0, 0.1) is 6.92 Å². The molecule has 1 unspecified atom stereocenters. The zero-order valence-corrected chi connectivity index (χ0v) is 17.2. The number of hydrogen-bond acceptors (Lipinski definition) is 4. The molecule has 1 amide bonds. The number of carbonyl (C=O) groups is 1. The van der Waals surface area contributed by atoms with Crippen LogP contribution in [0.25, 0.3) is 0 Å². The van der Waals surface area contributed by atoms with Crippen molar-refractivity contribution in [1.29, 1.82) is 0 Å². The van der Waals surface area contributed by atoms with E-state index in [4.69, 9.17) is 21.1 Å². The molecule has 1 fully saturated rings. The summed E-state index contributed by atoms with van der Waals surface area (Å²) in [6.07, 6.45) is 3.69. The summed E-state index contributed by atoms with van der Waals surface area (Å²) in [6, 6.07) is 7.06. The third-order valence-electron chi connectivity index (χ3n) is 5.01. The number of nitrogens with zero attached hydrogens (tertiary/aromatic N) is 2. The number of amides is 1. The molecule has 1 aliphatic rings. The minimum atomic E-state index is -0.328. The summed E-state index contributed by atoms with van der Waals surface area (Å²) >= 11 is 6.08. The lowest BCUT2D eigenvalue weighted by Gasteiger charge is -2.21. The monoisotopic (exact) mass is 404 g/mol. The molecule has 0 N–H and O–H groups in total. The summed E-state index contributed by atoms with van der Waals surface area (Å²) in [5.74, 6) is 0.316. The van der Waals surface area contributed by atoms with Crippen molar-refractivity contribution in [2.45, 2.75) is 39.0 Å². The van der Waals surface area contributed by atoms with Gasteiger partial charge in [0, 0.05) is 37.0 Å². The van der Waals surface area contributed by atoms with Gasteiger partial charge in [-0.1, -0.05) is 11.6 Å². The van der Waals surface area contributed by atoms with E-state index in [9.17, 15) is 9.59 Å². The van der Waals surface area contributed by atoms with Gasteiger partial charge in [0.1, 0.15) is 11.3 Å². The van der Waals surface area contributed by atoms with Crippen LogP contribution in [0.3, 0.4) is 0 Å². The number of hydrogen-bond donors (Lipinski definition) is 0.